The van der Waals surface area contributed by atoms with E-state index in [4.69, 9.17) is 10.5 Å². The molecule has 0 aromatic carbocycles. The minimum absolute atomic E-state index is 0.283. The third kappa shape index (κ3) is 6.39. The molecule has 0 aliphatic carbocycles. The fourth-order valence-corrected chi connectivity index (χ4v) is 1.68. The van der Waals surface area contributed by atoms with Gasteiger partial charge < -0.3 is 10.5 Å². The first-order valence-electron chi connectivity index (χ1n) is 6.10. The Morgan fingerprint density at radius 1 is 1.07 bits per heavy atom. The van der Waals surface area contributed by atoms with Crippen LogP contribution < -0.4 is 5.73 Å². The van der Waals surface area contributed by atoms with E-state index in [1.165, 1.54) is 19.3 Å². The van der Waals surface area contributed by atoms with Crippen LogP contribution in [0.1, 0.15) is 52.9 Å². The van der Waals surface area contributed by atoms with Gasteiger partial charge in [-0.05, 0) is 18.8 Å². The largest absolute Gasteiger partial charge is 0.377 e. The Balaban J connectivity index is 3.63. The summed E-state index contributed by atoms with van der Waals surface area (Å²) < 4.78 is 5.81. The molecule has 0 rings (SSSR count). The zero-order valence-corrected chi connectivity index (χ0v) is 10.1. The summed E-state index contributed by atoms with van der Waals surface area (Å²) in [6.07, 6.45) is 6.29. The first kappa shape index (κ1) is 13.9. The van der Waals surface area contributed by atoms with Gasteiger partial charge in [-0.3, -0.25) is 0 Å². The van der Waals surface area contributed by atoms with Crippen LogP contribution in [0.15, 0.2) is 0 Å². The fourth-order valence-electron chi connectivity index (χ4n) is 1.68. The molecule has 2 heteroatoms. The molecule has 2 N–H and O–H groups in total. The van der Waals surface area contributed by atoms with E-state index in [2.05, 4.69) is 20.8 Å². The second-order valence-corrected chi connectivity index (χ2v) is 4.04. The maximum absolute atomic E-state index is 5.81. The molecule has 0 amide bonds. The van der Waals surface area contributed by atoms with E-state index < -0.39 is 0 Å². The lowest BCUT2D eigenvalue weighted by Crippen LogP contribution is -2.26. The molecule has 2 nitrogen and oxygen atoms in total. The van der Waals surface area contributed by atoms with E-state index in [-0.39, 0.29) is 6.10 Å². The first-order valence-corrected chi connectivity index (χ1v) is 6.10. The maximum atomic E-state index is 5.81. The number of ether oxygens (including phenoxy) is 1. The minimum Gasteiger partial charge on any atom is -0.377 e. The fraction of sp³-hybridized carbons (Fsp3) is 1.00. The Bertz CT molecular complexity index is 103. The molecule has 0 fully saturated rings. The van der Waals surface area contributed by atoms with Crippen molar-refractivity contribution in [2.24, 2.45) is 11.7 Å². The number of rotatable bonds is 9. The quantitative estimate of drug-likeness (QED) is 0.622. The Hall–Kier alpha value is -0.0800. The van der Waals surface area contributed by atoms with Gasteiger partial charge in [0, 0.05) is 13.2 Å². The van der Waals surface area contributed by atoms with Crippen molar-refractivity contribution in [1.29, 1.82) is 0 Å². The second kappa shape index (κ2) is 9.47. The highest BCUT2D eigenvalue weighted by atomic mass is 16.5. The minimum atomic E-state index is 0.283. The first-order chi connectivity index (χ1) is 6.78. The van der Waals surface area contributed by atoms with E-state index in [1.54, 1.807) is 0 Å². The molecule has 0 heterocycles. The zero-order chi connectivity index (χ0) is 10.8. The zero-order valence-electron chi connectivity index (χ0n) is 10.1. The molecule has 86 valence electrons. The van der Waals surface area contributed by atoms with Gasteiger partial charge in [-0.1, -0.05) is 40.0 Å². The van der Waals surface area contributed by atoms with Crippen LogP contribution in [-0.4, -0.2) is 19.3 Å². The van der Waals surface area contributed by atoms with Crippen LogP contribution in [0.5, 0.6) is 0 Å². The molecule has 14 heavy (non-hydrogen) atoms. The molecule has 0 aromatic rings. The Labute approximate surface area is 89.2 Å². The van der Waals surface area contributed by atoms with Gasteiger partial charge in [0.15, 0.2) is 0 Å². The second-order valence-electron chi connectivity index (χ2n) is 4.04. The average molecular weight is 201 g/mol. The average Bonchev–Trinajstić information content (AvgIpc) is 2.22. The normalized spacial score (nSPS) is 15.4. The van der Waals surface area contributed by atoms with Crippen LogP contribution in [0.25, 0.3) is 0 Å². The highest BCUT2D eigenvalue weighted by Crippen LogP contribution is 2.13. The van der Waals surface area contributed by atoms with Crippen LogP contribution in [0, 0.1) is 5.92 Å². The summed E-state index contributed by atoms with van der Waals surface area (Å²) in [4.78, 5) is 0. The molecule has 0 radical (unpaired) electrons. The lowest BCUT2D eigenvalue weighted by atomic mass is 10.0. The Morgan fingerprint density at radius 2 is 1.71 bits per heavy atom. The van der Waals surface area contributed by atoms with Crippen LogP contribution in [0.3, 0.4) is 0 Å². The van der Waals surface area contributed by atoms with Crippen molar-refractivity contribution in [3.8, 4) is 0 Å². The van der Waals surface area contributed by atoms with Gasteiger partial charge in [-0.25, -0.2) is 0 Å². The molecule has 0 saturated carbocycles. The van der Waals surface area contributed by atoms with Crippen molar-refractivity contribution >= 4 is 0 Å². The number of hydrogen-bond acceptors (Lipinski definition) is 2. The third-order valence-electron chi connectivity index (χ3n) is 2.72. The predicted molar refractivity (Wildman–Crippen MR) is 62.4 cm³/mol. The molecular formula is C12H27NO. The van der Waals surface area contributed by atoms with Gasteiger partial charge in [-0.15, -0.1) is 0 Å². The molecule has 1 unspecified atom stereocenters. The molecule has 0 aromatic heterocycles. The summed E-state index contributed by atoms with van der Waals surface area (Å²) in [6.45, 7) is 8.20. The summed E-state index contributed by atoms with van der Waals surface area (Å²) in [5, 5.41) is 0. The monoisotopic (exact) mass is 201 g/mol. The number of hydrogen-bond donors (Lipinski definition) is 1. The smallest absolute Gasteiger partial charge is 0.0697 e. The summed E-state index contributed by atoms with van der Waals surface area (Å²) in [5.74, 6) is 0.728. The van der Waals surface area contributed by atoms with Crippen molar-refractivity contribution in [3.05, 3.63) is 0 Å². The van der Waals surface area contributed by atoms with Crippen LogP contribution in [0.2, 0.25) is 0 Å². The molecule has 0 bridgehead atoms. The van der Waals surface area contributed by atoms with Gasteiger partial charge in [-0.2, -0.15) is 0 Å². The van der Waals surface area contributed by atoms with Crippen LogP contribution in [-0.2, 0) is 4.74 Å². The standard InChI is InChI=1S/C12H27NO/c1-4-7-11(6-3)10-14-12(9-13)8-5-2/h11-12H,4-10,13H2,1-3H3/t11-,12?/m0/s1. The molecule has 2 atom stereocenters. The highest BCUT2D eigenvalue weighted by molar-refractivity contribution is 4.61. The summed E-state index contributed by atoms with van der Waals surface area (Å²) in [5.41, 5.74) is 5.64. The van der Waals surface area contributed by atoms with Crippen molar-refractivity contribution in [3.63, 3.8) is 0 Å². The van der Waals surface area contributed by atoms with Crippen molar-refractivity contribution in [2.45, 2.75) is 59.0 Å². The van der Waals surface area contributed by atoms with E-state index in [9.17, 15) is 0 Å². The van der Waals surface area contributed by atoms with Gasteiger partial charge >= 0.3 is 0 Å². The van der Waals surface area contributed by atoms with Gasteiger partial charge in [0.05, 0.1) is 6.10 Å². The van der Waals surface area contributed by atoms with E-state index in [0.717, 1.165) is 25.4 Å². The van der Waals surface area contributed by atoms with E-state index >= 15 is 0 Å². The van der Waals surface area contributed by atoms with Crippen molar-refractivity contribution in [1.82, 2.24) is 0 Å². The van der Waals surface area contributed by atoms with Crippen LogP contribution in [0.4, 0.5) is 0 Å². The predicted octanol–water partition coefficient (Wildman–Crippen LogP) is 2.96. The molecule has 0 aliphatic rings. The lowest BCUT2D eigenvalue weighted by molar-refractivity contribution is 0.0261. The number of nitrogens with two attached hydrogens (primary N) is 1. The lowest BCUT2D eigenvalue weighted by Gasteiger charge is -2.19. The van der Waals surface area contributed by atoms with Crippen molar-refractivity contribution < 1.29 is 4.74 Å². The Morgan fingerprint density at radius 3 is 2.14 bits per heavy atom. The van der Waals surface area contributed by atoms with E-state index in [0.29, 0.717) is 6.54 Å². The summed E-state index contributed by atoms with van der Waals surface area (Å²) in [7, 11) is 0. The van der Waals surface area contributed by atoms with Gasteiger partial charge in [0.2, 0.25) is 0 Å². The third-order valence-corrected chi connectivity index (χ3v) is 2.72. The molecule has 0 spiro atoms. The summed E-state index contributed by atoms with van der Waals surface area (Å²) >= 11 is 0. The van der Waals surface area contributed by atoms with Crippen LogP contribution >= 0.6 is 0 Å². The van der Waals surface area contributed by atoms with Gasteiger partial charge in [0.25, 0.3) is 0 Å². The van der Waals surface area contributed by atoms with Gasteiger partial charge in [0.1, 0.15) is 0 Å². The van der Waals surface area contributed by atoms with E-state index in [1.807, 2.05) is 0 Å². The SMILES string of the molecule is CCCC(CN)OC[C@@H](CC)CCC. The van der Waals surface area contributed by atoms with Crippen molar-refractivity contribution in [2.75, 3.05) is 13.2 Å². The molecule has 0 saturated heterocycles. The highest BCUT2D eigenvalue weighted by Gasteiger charge is 2.10. The molecular weight excluding hydrogens is 174 g/mol. The summed E-state index contributed by atoms with van der Waals surface area (Å²) in [6, 6.07) is 0. The Kier molecular flexibility index (Phi) is 9.42. The molecule has 0 aliphatic heterocycles. The topological polar surface area (TPSA) is 35.2 Å². The maximum Gasteiger partial charge on any atom is 0.0697 e.